The predicted octanol–water partition coefficient (Wildman–Crippen LogP) is 3.40. The Kier molecular flexibility index (Phi) is 3.05. The van der Waals surface area contributed by atoms with Crippen LogP contribution in [-0.2, 0) is 7.05 Å². The first-order valence-electron chi connectivity index (χ1n) is 6.94. The Balaban J connectivity index is 2.39. The average molecular weight is 278 g/mol. The lowest BCUT2D eigenvalue weighted by atomic mass is 10.0. The van der Waals surface area contributed by atoms with E-state index in [0.717, 1.165) is 16.6 Å². The monoisotopic (exact) mass is 278 g/mol. The normalized spacial score (nSPS) is 11.0. The topological polar surface area (TPSA) is 48.0 Å². The van der Waals surface area contributed by atoms with E-state index >= 15 is 0 Å². The highest BCUT2D eigenvalue weighted by Gasteiger charge is 2.12. The fourth-order valence-corrected chi connectivity index (χ4v) is 2.72. The van der Waals surface area contributed by atoms with Crippen molar-refractivity contribution in [2.75, 3.05) is 5.73 Å². The smallest absolute Gasteiger partial charge is 0.199 e. The van der Waals surface area contributed by atoms with Gasteiger partial charge in [0.1, 0.15) is 0 Å². The van der Waals surface area contributed by atoms with Crippen LogP contribution in [0.5, 0.6) is 0 Å². The molecule has 106 valence electrons. The van der Waals surface area contributed by atoms with Crippen LogP contribution in [0.1, 0.15) is 11.1 Å². The second kappa shape index (κ2) is 4.77. The summed E-state index contributed by atoms with van der Waals surface area (Å²) < 4.78 is 1.97. The third-order valence-electron chi connectivity index (χ3n) is 3.83. The van der Waals surface area contributed by atoms with Gasteiger partial charge in [0, 0.05) is 24.5 Å². The molecule has 0 fully saturated rings. The maximum atomic E-state index is 12.8. The molecule has 0 radical (unpaired) electrons. The van der Waals surface area contributed by atoms with E-state index in [9.17, 15) is 4.79 Å². The van der Waals surface area contributed by atoms with Crippen LogP contribution < -0.4 is 11.2 Å². The molecular weight excluding hydrogens is 260 g/mol. The molecule has 0 aliphatic rings. The minimum absolute atomic E-state index is 0.00977. The van der Waals surface area contributed by atoms with Crippen molar-refractivity contribution in [3.63, 3.8) is 0 Å². The molecule has 3 nitrogen and oxygen atoms in total. The molecule has 0 amide bonds. The zero-order valence-corrected chi connectivity index (χ0v) is 12.5. The summed E-state index contributed by atoms with van der Waals surface area (Å²) in [5, 5.41) is 0.598. The number of fused-ring (bicyclic) bond motifs is 1. The van der Waals surface area contributed by atoms with E-state index in [-0.39, 0.29) is 5.43 Å². The number of benzene rings is 2. The van der Waals surface area contributed by atoms with Crippen LogP contribution in [-0.4, -0.2) is 4.57 Å². The molecule has 0 saturated heterocycles. The molecule has 0 unspecified atom stereocenters. The van der Waals surface area contributed by atoms with Gasteiger partial charge in [-0.15, -0.1) is 0 Å². The number of aromatic nitrogens is 1. The van der Waals surface area contributed by atoms with Gasteiger partial charge in [-0.25, -0.2) is 0 Å². The Morgan fingerprint density at radius 3 is 2.33 bits per heavy atom. The van der Waals surface area contributed by atoms with Crippen molar-refractivity contribution in [1.82, 2.24) is 4.57 Å². The standard InChI is InChI=1S/C18H18N2O/c1-11-4-6-13(7-5-11)14-10-20(3)16-9-12(2)8-15(19)17(16)18(14)21/h4-10H,19H2,1-3H3. The summed E-state index contributed by atoms with van der Waals surface area (Å²) in [5.41, 5.74) is 11.3. The molecule has 21 heavy (non-hydrogen) atoms. The van der Waals surface area contributed by atoms with Gasteiger partial charge in [-0.05, 0) is 37.1 Å². The van der Waals surface area contributed by atoms with E-state index in [2.05, 4.69) is 0 Å². The lowest BCUT2D eigenvalue weighted by Gasteiger charge is -2.12. The number of hydrogen-bond donors (Lipinski definition) is 1. The summed E-state index contributed by atoms with van der Waals surface area (Å²) in [5.74, 6) is 0. The Morgan fingerprint density at radius 1 is 1.00 bits per heavy atom. The molecule has 1 heterocycles. The van der Waals surface area contributed by atoms with Gasteiger partial charge in [0.2, 0.25) is 0 Å². The van der Waals surface area contributed by atoms with Crippen LogP contribution in [0.15, 0.2) is 47.4 Å². The van der Waals surface area contributed by atoms with Crippen molar-refractivity contribution in [1.29, 1.82) is 0 Å². The number of pyridine rings is 1. The lowest BCUT2D eigenvalue weighted by Crippen LogP contribution is -2.12. The summed E-state index contributed by atoms with van der Waals surface area (Å²) in [7, 11) is 1.94. The van der Waals surface area contributed by atoms with Crippen LogP contribution in [0.3, 0.4) is 0 Å². The summed E-state index contributed by atoms with van der Waals surface area (Å²) >= 11 is 0. The van der Waals surface area contributed by atoms with Crippen LogP contribution in [0.25, 0.3) is 22.0 Å². The highest BCUT2D eigenvalue weighted by molar-refractivity contribution is 5.93. The first kappa shape index (κ1) is 13.4. The molecule has 3 rings (SSSR count). The molecule has 2 aromatic carbocycles. The zero-order chi connectivity index (χ0) is 15.1. The average Bonchev–Trinajstić information content (AvgIpc) is 2.43. The minimum Gasteiger partial charge on any atom is -0.398 e. The highest BCUT2D eigenvalue weighted by atomic mass is 16.1. The van der Waals surface area contributed by atoms with Crippen molar-refractivity contribution in [2.45, 2.75) is 13.8 Å². The second-order valence-electron chi connectivity index (χ2n) is 5.60. The van der Waals surface area contributed by atoms with Crippen LogP contribution in [0.2, 0.25) is 0 Å². The minimum atomic E-state index is -0.00977. The summed E-state index contributed by atoms with van der Waals surface area (Å²) in [4.78, 5) is 12.8. The molecule has 3 aromatic rings. The number of nitrogens with zero attached hydrogens (tertiary/aromatic N) is 1. The van der Waals surface area contributed by atoms with Crippen molar-refractivity contribution >= 4 is 16.6 Å². The highest BCUT2D eigenvalue weighted by Crippen LogP contribution is 2.24. The molecule has 0 spiro atoms. The molecule has 2 N–H and O–H groups in total. The molecular formula is C18H18N2O. The molecule has 1 aromatic heterocycles. The SMILES string of the molecule is Cc1ccc(-c2cn(C)c3cc(C)cc(N)c3c2=O)cc1. The van der Waals surface area contributed by atoms with E-state index in [1.807, 2.05) is 68.1 Å². The fraction of sp³-hybridized carbons (Fsp3) is 0.167. The molecule has 0 aliphatic carbocycles. The van der Waals surface area contributed by atoms with Crippen LogP contribution >= 0.6 is 0 Å². The second-order valence-corrected chi connectivity index (χ2v) is 5.60. The predicted molar refractivity (Wildman–Crippen MR) is 88.5 cm³/mol. The third kappa shape index (κ3) is 2.21. The van der Waals surface area contributed by atoms with Gasteiger partial charge in [0.25, 0.3) is 0 Å². The van der Waals surface area contributed by atoms with Gasteiger partial charge in [0.15, 0.2) is 5.43 Å². The Labute approximate surface area is 123 Å². The number of hydrogen-bond acceptors (Lipinski definition) is 2. The van der Waals surface area contributed by atoms with E-state index in [0.29, 0.717) is 16.6 Å². The first-order chi connectivity index (χ1) is 9.97. The maximum Gasteiger partial charge on any atom is 0.199 e. The van der Waals surface area contributed by atoms with Gasteiger partial charge in [-0.1, -0.05) is 29.8 Å². The van der Waals surface area contributed by atoms with E-state index in [4.69, 9.17) is 5.73 Å². The first-order valence-corrected chi connectivity index (χ1v) is 6.94. The van der Waals surface area contributed by atoms with Crippen molar-refractivity contribution < 1.29 is 0 Å². The number of aryl methyl sites for hydroxylation is 3. The lowest BCUT2D eigenvalue weighted by molar-refractivity contribution is 0.952. The van der Waals surface area contributed by atoms with E-state index < -0.39 is 0 Å². The van der Waals surface area contributed by atoms with Crippen LogP contribution in [0, 0.1) is 13.8 Å². The zero-order valence-electron chi connectivity index (χ0n) is 12.5. The molecule has 3 heteroatoms. The Bertz CT molecular complexity index is 890. The summed E-state index contributed by atoms with van der Waals surface area (Å²) in [6, 6.07) is 11.8. The maximum absolute atomic E-state index is 12.8. The molecule has 0 bridgehead atoms. The number of anilines is 1. The number of nitrogen functional groups attached to an aromatic ring is 1. The molecule has 0 saturated carbocycles. The van der Waals surface area contributed by atoms with E-state index in [1.165, 1.54) is 5.56 Å². The molecule has 0 aliphatic heterocycles. The van der Waals surface area contributed by atoms with Gasteiger partial charge in [-0.2, -0.15) is 0 Å². The van der Waals surface area contributed by atoms with Gasteiger partial charge < -0.3 is 10.3 Å². The van der Waals surface area contributed by atoms with Gasteiger partial charge in [0.05, 0.1) is 10.9 Å². The van der Waals surface area contributed by atoms with Crippen molar-refractivity contribution in [3.8, 4) is 11.1 Å². The van der Waals surface area contributed by atoms with Crippen LogP contribution in [0.4, 0.5) is 5.69 Å². The summed E-state index contributed by atoms with van der Waals surface area (Å²) in [6.45, 7) is 4.01. The number of rotatable bonds is 1. The summed E-state index contributed by atoms with van der Waals surface area (Å²) in [6.07, 6.45) is 1.88. The Hall–Kier alpha value is -2.55. The largest absolute Gasteiger partial charge is 0.398 e. The van der Waals surface area contributed by atoms with E-state index in [1.54, 1.807) is 0 Å². The Morgan fingerprint density at radius 2 is 1.67 bits per heavy atom. The number of nitrogens with two attached hydrogens (primary N) is 1. The van der Waals surface area contributed by atoms with Crippen molar-refractivity contribution in [2.24, 2.45) is 7.05 Å². The van der Waals surface area contributed by atoms with Gasteiger partial charge >= 0.3 is 0 Å². The fourth-order valence-electron chi connectivity index (χ4n) is 2.72. The quantitative estimate of drug-likeness (QED) is 0.693. The van der Waals surface area contributed by atoms with Crippen molar-refractivity contribution in [3.05, 3.63) is 63.9 Å². The molecule has 0 atom stereocenters. The van der Waals surface area contributed by atoms with Gasteiger partial charge in [-0.3, -0.25) is 4.79 Å². The third-order valence-corrected chi connectivity index (χ3v) is 3.83.